The first-order valence-electron chi connectivity index (χ1n) is 8.00. The summed E-state index contributed by atoms with van der Waals surface area (Å²) >= 11 is 0. The highest BCUT2D eigenvalue weighted by Crippen LogP contribution is 2.20. The molecule has 118 valence electrons. The molecule has 0 aromatic heterocycles. The lowest BCUT2D eigenvalue weighted by atomic mass is 10.0. The summed E-state index contributed by atoms with van der Waals surface area (Å²) in [5.74, 6) is 1.56. The fourth-order valence-corrected chi connectivity index (χ4v) is 2.82. The monoisotopic (exact) mass is 292 g/mol. The fourth-order valence-electron chi connectivity index (χ4n) is 2.82. The van der Waals surface area contributed by atoms with E-state index in [9.17, 15) is 0 Å². The van der Waals surface area contributed by atoms with E-state index in [1.807, 2.05) is 24.3 Å². The molecule has 4 nitrogen and oxygen atoms in total. The number of aliphatic hydroxyl groups excluding tert-OH is 1. The number of rotatable bonds is 7. The topological polar surface area (TPSA) is 44.7 Å². The molecule has 0 spiro atoms. The van der Waals surface area contributed by atoms with E-state index in [1.54, 1.807) is 0 Å². The number of nitrogens with one attached hydrogen (secondary N) is 1. The van der Waals surface area contributed by atoms with Crippen molar-refractivity contribution >= 4 is 5.69 Å². The summed E-state index contributed by atoms with van der Waals surface area (Å²) in [6.45, 7) is 8.55. The summed E-state index contributed by atoms with van der Waals surface area (Å²) in [5.41, 5.74) is 1.15. The van der Waals surface area contributed by atoms with E-state index >= 15 is 0 Å². The SMILES string of the molecule is CC(C)CN1CCC(Nc2ccc(OCCO)cc2)CC1. The Morgan fingerprint density at radius 2 is 1.90 bits per heavy atom. The third-order valence-electron chi connectivity index (χ3n) is 3.80. The van der Waals surface area contributed by atoms with Gasteiger partial charge < -0.3 is 20.1 Å². The Balaban J connectivity index is 1.75. The average molecular weight is 292 g/mol. The lowest BCUT2D eigenvalue weighted by Gasteiger charge is -2.33. The van der Waals surface area contributed by atoms with Gasteiger partial charge in [0, 0.05) is 31.4 Å². The molecule has 4 heteroatoms. The Morgan fingerprint density at radius 1 is 1.24 bits per heavy atom. The number of piperidine rings is 1. The van der Waals surface area contributed by atoms with Gasteiger partial charge in [0.25, 0.3) is 0 Å². The first kappa shape index (κ1) is 16.1. The van der Waals surface area contributed by atoms with E-state index < -0.39 is 0 Å². The molecule has 21 heavy (non-hydrogen) atoms. The van der Waals surface area contributed by atoms with Crippen molar-refractivity contribution in [2.24, 2.45) is 5.92 Å². The molecule has 1 aliphatic rings. The first-order chi connectivity index (χ1) is 10.2. The van der Waals surface area contributed by atoms with Gasteiger partial charge in [-0.15, -0.1) is 0 Å². The molecule has 0 radical (unpaired) electrons. The fraction of sp³-hybridized carbons (Fsp3) is 0.647. The molecule has 0 atom stereocenters. The van der Waals surface area contributed by atoms with Gasteiger partial charge in [-0.3, -0.25) is 0 Å². The lowest BCUT2D eigenvalue weighted by Crippen LogP contribution is -2.40. The van der Waals surface area contributed by atoms with Crippen molar-refractivity contribution in [3.05, 3.63) is 24.3 Å². The molecular weight excluding hydrogens is 264 g/mol. The molecule has 1 aromatic rings. The molecule has 1 saturated heterocycles. The van der Waals surface area contributed by atoms with Crippen LogP contribution in [0.15, 0.2) is 24.3 Å². The number of likely N-dealkylation sites (tertiary alicyclic amines) is 1. The molecule has 0 bridgehead atoms. The minimum atomic E-state index is 0.0505. The molecule has 1 aliphatic heterocycles. The predicted octanol–water partition coefficient (Wildman–Crippen LogP) is 2.59. The summed E-state index contributed by atoms with van der Waals surface area (Å²) in [6.07, 6.45) is 2.41. The summed E-state index contributed by atoms with van der Waals surface area (Å²) in [7, 11) is 0. The van der Waals surface area contributed by atoms with Gasteiger partial charge in [-0.2, -0.15) is 0 Å². The molecular formula is C17H28N2O2. The highest BCUT2D eigenvalue weighted by Gasteiger charge is 2.19. The van der Waals surface area contributed by atoms with Gasteiger partial charge in [-0.05, 0) is 43.0 Å². The molecule has 0 unspecified atom stereocenters. The normalized spacial score (nSPS) is 17.1. The number of hydrogen-bond donors (Lipinski definition) is 2. The van der Waals surface area contributed by atoms with Crippen LogP contribution < -0.4 is 10.1 Å². The van der Waals surface area contributed by atoms with Crippen LogP contribution in [0.3, 0.4) is 0 Å². The smallest absolute Gasteiger partial charge is 0.119 e. The number of benzene rings is 1. The predicted molar refractivity (Wildman–Crippen MR) is 86.9 cm³/mol. The van der Waals surface area contributed by atoms with E-state index in [0.29, 0.717) is 12.6 Å². The molecule has 2 rings (SSSR count). The second-order valence-corrected chi connectivity index (χ2v) is 6.21. The van der Waals surface area contributed by atoms with Crippen LogP contribution in [-0.2, 0) is 0 Å². The second kappa shape index (κ2) is 8.25. The molecule has 0 amide bonds. The number of ether oxygens (including phenoxy) is 1. The minimum absolute atomic E-state index is 0.0505. The maximum Gasteiger partial charge on any atom is 0.119 e. The molecule has 2 N–H and O–H groups in total. The highest BCUT2D eigenvalue weighted by atomic mass is 16.5. The van der Waals surface area contributed by atoms with Crippen LogP contribution in [0.2, 0.25) is 0 Å². The summed E-state index contributed by atoms with van der Waals surface area (Å²) in [6, 6.07) is 8.57. The summed E-state index contributed by atoms with van der Waals surface area (Å²) < 4.78 is 5.37. The van der Waals surface area contributed by atoms with Crippen molar-refractivity contribution in [3.8, 4) is 5.75 Å². The van der Waals surface area contributed by atoms with Crippen LogP contribution in [0.1, 0.15) is 26.7 Å². The lowest BCUT2D eigenvalue weighted by molar-refractivity contribution is 0.198. The van der Waals surface area contributed by atoms with Crippen molar-refractivity contribution < 1.29 is 9.84 Å². The van der Waals surface area contributed by atoms with Crippen LogP contribution in [0.4, 0.5) is 5.69 Å². The zero-order valence-electron chi connectivity index (χ0n) is 13.2. The molecule has 1 fully saturated rings. The quantitative estimate of drug-likeness (QED) is 0.811. The maximum absolute atomic E-state index is 8.73. The van der Waals surface area contributed by atoms with Gasteiger partial charge in [-0.25, -0.2) is 0 Å². The van der Waals surface area contributed by atoms with Gasteiger partial charge in [-0.1, -0.05) is 13.8 Å². The molecule has 0 aliphatic carbocycles. The van der Waals surface area contributed by atoms with E-state index in [1.165, 1.54) is 32.5 Å². The van der Waals surface area contributed by atoms with Gasteiger partial charge >= 0.3 is 0 Å². The average Bonchev–Trinajstić information content (AvgIpc) is 2.48. The van der Waals surface area contributed by atoms with Crippen molar-refractivity contribution in [3.63, 3.8) is 0 Å². The highest BCUT2D eigenvalue weighted by molar-refractivity contribution is 5.47. The standard InChI is InChI=1S/C17H28N2O2/c1-14(2)13-19-9-7-16(8-10-19)18-15-3-5-17(6-4-15)21-12-11-20/h3-6,14,16,18,20H,7-13H2,1-2H3. The zero-order valence-corrected chi connectivity index (χ0v) is 13.2. The summed E-state index contributed by atoms with van der Waals surface area (Å²) in [5, 5.41) is 12.3. The Hall–Kier alpha value is -1.26. The Labute approximate surface area is 128 Å². The first-order valence-corrected chi connectivity index (χ1v) is 8.00. The van der Waals surface area contributed by atoms with Crippen LogP contribution in [0.5, 0.6) is 5.75 Å². The Morgan fingerprint density at radius 3 is 2.48 bits per heavy atom. The van der Waals surface area contributed by atoms with E-state index in [4.69, 9.17) is 9.84 Å². The number of nitrogens with zero attached hydrogens (tertiary/aromatic N) is 1. The third-order valence-corrected chi connectivity index (χ3v) is 3.80. The number of aliphatic hydroxyl groups is 1. The van der Waals surface area contributed by atoms with Gasteiger partial charge in [0.15, 0.2) is 0 Å². The van der Waals surface area contributed by atoms with E-state index in [2.05, 4.69) is 24.1 Å². The van der Waals surface area contributed by atoms with E-state index in [0.717, 1.165) is 17.4 Å². The van der Waals surface area contributed by atoms with Gasteiger partial charge in [0.2, 0.25) is 0 Å². The number of anilines is 1. The van der Waals surface area contributed by atoms with Crippen LogP contribution in [0, 0.1) is 5.92 Å². The van der Waals surface area contributed by atoms with Crippen molar-refractivity contribution in [1.82, 2.24) is 4.90 Å². The molecule has 0 saturated carbocycles. The van der Waals surface area contributed by atoms with Crippen molar-refractivity contribution in [2.45, 2.75) is 32.7 Å². The Kier molecular flexibility index (Phi) is 6.33. The van der Waals surface area contributed by atoms with Gasteiger partial charge in [0.05, 0.1) is 6.61 Å². The largest absolute Gasteiger partial charge is 0.491 e. The minimum Gasteiger partial charge on any atom is -0.491 e. The maximum atomic E-state index is 8.73. The van der Waals surface area contributed by atoms with Crippen molar-refractivity contribution in [1.29, 1.82) is 0 Å². The molecule has 1 heterocycles. The van der Waals surface area contributed by atoms with Crippen LogP contribution in [-0.4, -0.2) is 48.9 Å². The second-order valence-electron chi connectivity index (χ2n) is 6.21. The number of hydrogen-bond acceptors (Lipinski definition) is 4. The summed E-state index contributed by atoms with van der Waals surface area (Å²) in [4.78, 5) is 2.56. The van der Waals surface area contributed by atoms with Crippen LogP contribution >= 0.6 is 0 Å². The van der Waals surface area contributed by atoms with Crippen LogP contribution in [0.25, 0.3) is 0 Å². The van der Waals surface area contributed by atoms with Gasteiger partial charge in [0.1, 0.15) is 12.4 Å². The molecule has 1 aromatic carbocycles. The third kappa shape index (κ3) is 5.56. The van der Waals surface area contributed by atoms with Crippen molar-refractivity contribution in [2.75, 3.05) is 38.2 Å². The van der Waals surface area contributed by atoms with E-state index in [-0.39, 0.29) is 6.61 Å². The Bertz CT molecular complexity index is 398. The zero-order chi connectivity index (χ0) is 15.1.